The molecule has 0 saturated heterocycles. The summed E-state index contributed by atoms with van der Waals surface area (Å²) in [5.41, 5.74) is 4.91. The molecule has 0 bridgehead atoms. The van der Waals surface area contributed by atoms with Crippen LogP contribution in [0.4, 0.5) is 0 Å². The minimum absolute atomic E-state index is 0. The van der Waals surface area contributed by atoms with Gasteiger partial charge in [-0.25, -0.2) is 4.79 Å². The van der Waals surface area contributed by atoms with Crippen LogP contribution >= 0.6 is 12.4 Å². The molecule has 0 aliphatic heterocycles. The molecule has 0 unspecified atom stereocenters. The molecule has 0 aliphatic rings. The summed E-state index contributed by atoms with van der Waals surface area (Å²) >= 11 is 0. The Labute approximate surface area is 93.4 Å². The standard InChI is InChI=1S/C5H12NO.C3H7N.2ClH/c1-5(7)6(2,3)4;1-2-3-4;;/h1-4H3;2H,1,3-4H2;2*1H/q+1;;;/p-1. The van der Waals surface area contributed by atoms with Crippen LogP contribution in [-0.4, -0.2) is 38.1 Å². The first-order chi connectivity index (χ1) is 4.86. The molecule has 0 aliphatic carbocycles. The maximum atomic E-state index is 10.4. The van der Waals surface area contributed by atoms with Gasteiger partial charge in [0.25, 0.3) is 0 Å². The zero-order valence-corrected chi connectivity index (χ0v) is 10.3. The summed E-state index contributed by atoms with van der Waals surface area (Å²) in [4.78, 5) is 10.4. The molecule has 0 aromatic carbocycles. The number of carbonyl (C=O) groups excluding carboxylic acids is 1. The van der Waals surface area contributed by atoms with Gasteiger partial charge in [0.05, 0.1) is 28.1 Å². The van der Waals surface area contributed by atoms with Crippen molar-refractivity contribution in [1.29, 1.82) is 0 Å². The number of amides is 1. The Morgan fingerprint density at radius 1 is 1.46 bits per heavy atom. The highest BCUT2D eigenvalue weighted by Crippen LogP contribution is 1.87. The van der Waals surface area contributed by atoms with Gasteiger partial charge in [-0.15, -0.1) is 19.0 Å². The van der Waals surface area contributed by atoms with Gasteiger partial charge >= 0.3 is 5.91 Å². The van der Waals surface area contributed by atoms with Crippen LogP contribution in [0.3, 0.4) is 0 Å². The van der Waals surface area contributed by atoms with Crippen molar-refractivity contribution in [3.05, 3.63) is 12.7 Å². The van der Waals surface area contributed by atoms with Gasteiger partial charge in [-0.3, -0.25) is 4.48 Å². The first-order valence-electron chi connectivity index (χ1n) is 3.49. The maximum Gasteiger partial charge on any atom is 0.309 e. The summed E-state index contributed by atoms with van der Waals surface area (Å²) in [7, 11) is 5.55. The van der Waals surface area contributed by atoms with Crippen molar-refractivity contribution in [2.24, 2.45) is 5.73 Å². The Morgan fingerprint density at radius 3 is 1.62 bits per heavy atom. The third-order valence-electron chi connectivity index (χ3n) is 1.11. The lowest BCUT2D eigenvalue weighted by Crippen LogP contribution is -3.00. The number of nitrogens with zero attached hydrogens (tertiary/aromatic N) is 1. The molecular formula is C8H20Cl2N2O. The van der Waals surface area contributed by atoms with Gasteiger partial charge in [-0.2, -0.15) is 0 Å². The quantitative estimate of drug-likeness (QED) is 0.411. The predicted molar refractivity (Wildman–Crippen MR) is 55.2 cm³/mol. The van der Waals surface area contributed by atoms with Crippen molar-refractivity contribution in [2.75, 3.05) is 27.7 Å². The zero-order valence-electron chi connectivity index (χ0n) is 8.71. The summed E-state index contributed by atoms with van der Waals surface area (Å²) in [6, 6.07) is 0. The van der Waals surface area contributed by atoms with Crippen molar-refractivity contribution in [3.8, 4) is 0 Å². The van der Waals surface area contributed by atoms with E-state index in [9.17, 15) is 4.79 Å². The van der Waals surface area contributed by atoms with E-state index in [1.807, 2.05) is 21.1 Å². The fourth-order valence-corrected chi connectivity index (χ4v) is 0. The summed E-state index contributed by atoms with van der Waals surface area (Å²) < 4.78 is 0.417. The summed E-state index contributed by atoms with van der Waals surface area (Å²) in [5.74, 6) is 0.181. The second-order valence-electron chi connectivity index (χ2n) is 3.06. The zero-order chi connectivity index (χ0) is 9.49. The van der Waals surface area contributed by atoms with Crippen molar-refractivity contribution in [2.45, 2.75) is 6.92 Å². The molecule has 0 spiro atoms. The molecule has 0 aromatic rings. The van der Waals surface area contributed by atoms with Crippen LogP contribution in [0.15, 0.2) is 12.7 Å². The van der Waals surface area contributed by atoms with Gasteiger partial charge in [0.1, 0.15) is 0 Å². The molecule has 82 valence electrons. The summed E-state index contributed by atoms with van der Waals surface area (Å²) in [5, 5.41) is 0. The highest BCUT2D eigenvalue weighted by molar-refractivity contribution is 5.85. The van der Waals surface area contributed by atoms with Crippen molar-refractivity contribution >= 4 is 18.3 Å². The molecule has 0 fully saturated rings. The first kappa shape index (κ1) is 23.1. The van der Waals surface area contributed by atoms with Crippen LogP contribution in [0.2, 0.25) is 0 Å². The third kappa shape index (κ3) is 24.5. The largest absolute Gasteiger partial charge is 1.00 e. The predicted octanol–water partition coefficient (Wildman–Crippen LogP) is -2.20. The molecule has 3 nitrogen and oxygen atoms in total. The Morgan fingerprint density at radius 2 is 1.62 bits per heavy atom. The van der Waals surface area contributed by atoms with E-state index in [0.29, 0.717) is 11.0 Å². The van der Waals surface area contributed by atoms with E-state index in [2.05, 4.69) is 6.58 Å². The van der Waals surface area contributed by atoms with Crippen LogP contribution in [0.5, 0.6) is 0 Å². The van der Waals surface area contributed by atoms with E-state index >= 15 is 0 Å². The number of halogens is 2. The lowest BCUT2D eigenvalue weighted by molar-refractivity contribution is -0.791. The lowest BCUT2D eigenvalue weighted by Gasteiger charge is -2.17. The number of hydrogen-bond acceptors (Lipinski definition) is 2. The fraction of sp³-hybridized carbons (Fsp3) is 0.625. The molecule has 0 aromatic heterocycles. The van der Waals surface area contributed by atoms with E-state index in [1.54, 1.807) is 13.0 Å². The maximum absolute atomic E-state index is 10.4. The smallest absolute Gasteiger partial charge is 0.309 e. The van der Waals surface area contributed by atoms with Crippen molar-refractivity contribution in [1.82, 2.24) is 0 Å². The minimum Gasteiger partial charge on any atom is -1.00 e. The number of hydrogen-bond donors (Lipinski definition) is 1. The van der Waals surface area contributed by atoms with E-state index in [4.69, 9.17) is 5.73 Å². The molecule has 2 N–H and O–H groups in total. The van der Waals surface area contributed by atoms with Crippen LogP contribution in [-0.2, 0) is 4.79 Å². The highest BCUT2D eigenvalue weighted by atomic mass is 35.5. The normalized spacial score (nSPS) is 8.08. The van der Waals surface area contributed by atoms with Crippen molar-refractivity contribution < 1.29 is 21.7 Å². The number of rotatable bonds is 1. The third-order valence-corrected chi connectivity index (χ3v) is 1.11. The van der Waals surface area contributed by atoms with E-state index in [1.165, 1.54) is 0 Å². The van der Waals surface area contributed by atoms with Gasteiger partial charge in [0, 0.05) is 6.54 Å². The molecule has 1 amide bonds. The highest BCUT2D eigenvalue weighted by Gasteiger charge is 2.11. The Balaban J connectivity index is -0.0000000600. The molecule has 5 heteroatoms. The van der Waals surface area contributed by atoms with Gasteiger partial charge in [-0.05, 0) is 0 Å². The van der Waals surface area contributed by atoms with Gasteiger partial charge < -0.3 is 18.1 Å². The van der Waals surface area contributed by atoms with Crippen LogP contribution in [0, 0.1) is 0 Å². The monoisotopic (exact) mass is 230 g/mol. The Hall–Kier alpha value is -0.0900. The SMILES string of the molecule is C=CCN.CC(=O)[N+](C)(C)C.Cl.[Cl-]. The van der Waals surface area contributed by atoms with E-state index < -0.39 is 0 Å². The molecule has 0 heterocycles. The molecule has 0 radical (unpaired) electrons. The molecule has 13 heavy (non-hydrogen) atoms. The first-order valence-corrected chi connectivity index (χ1v) is 3.49. The van der Waals surface area contributed by atoms with Gasteiger partial charge in [-0.1, -0.05) is 6.08 Å². The molecule has 0 rings (SSSR count). The van der Waals surface area contributed by atoms with Gasteiger partial charge in [0.2, 0.25) is 0 Å². The fourth-order valence-electron chi connectivity index (χ4n) is 0. The van der Waals surface area contributed by atoms with Crippen molar-refractivity contribution in [3.63, 3.8) is 0 Å². The van der Waals surface area contributed by atoms with E-state index in [0.717, 1.165) is 0 Å². The molecule has 0 saturated carbocycles. The lowest BCUT2D eigenvalue weighted by atomic mass is 10.5. The molecular weight excluding hydrogens is 211 g/mol. The summed E-state index contributed by atoms with van der Waals surface area (Å²) in [6.07, 6.45) is 1.65. The van der Waals surface area contributed by atoms with Crippen LogP contribution in [0.1, 0.15) is 6.92 Å². The second kappa shape index (κ2) is 11.9. The molecule has 0 atom stereocenters. The Bertz CT molecular complexity index is 133. The van der Waals surface area contributed by atoms with E-state index in [-0.39, 0.29) is 30.7 Å². The second-order valence-corrected chi connectivity index (χ2v) is 3.06. The van der Waals surface area contributed by atoms with Crippen LogP contribution in [0.25, 0.3) is 0 Å². The number of carbonyl (C=O) groups is 1. The number of nitrogens with two attached hydrogens (primary N) is 1. The summed E-state index contributed by atoms with van der Waals surface area (Å²) in [6.45, 7) is 5.52. The minimum atomic E-state index is 0. The topological polar surface area (TPSA) is 43.1 Å². The van der Waals surface area contributed by atoms with Gasteiger partial charge in [0.15, 0.2) is 0 Å². The Kier molecular flexibility index (Phi) is 21.1. The number of quaternary nitrogens is 1. The van der Waals surface area contributed by atoms with Crippen LogP contribution < -0.4 is 18.1 Å². The average Bonchev–Trinajstić information content (AvgIpc) is 1.87. The average molecular weight is 231 g/mol.